The van der Waals surface area contributed by atoms with E-state index in [4.69, 9.17) is 16.3 Å². The lowest BCUT2D eigenvalue weighted by atomic mass is 10.1. The number of ether oxygens (including phenoxy) is 1. The number of aromatic nitrogens is 2. The van der Waals surface area contributed by atoms with Crippen molar-refractivity contribution < 1.29 is 9.53 Å². The molecule has 1 aromatic heterocycles. The van der Waals surface area contributed by atoms with Crippen LogP contribution in [0.3, 0.4) is 0 Å². The van der Waals surface area contributed by atoms with Crippen molar-refractivity contribution in [3.05, 3.63) is 47.7 Å². The number of carbonyl (C=O) groups excluding carboxylic acids is 1. The summed E-state index contributed by atoms with van der Waals surface area (Å²) in [5.74, 6) is 1.14. The molecular formula is C18H21ClN4O2. The lowest BCUT2D eigenvalue weighted by Gasteiger charge is -2.33. The average Bonchev–Trinajstić information content (AvgIpc) is 2.62. The fourth-order valence-electron chi connectivity index (χ4n) is 2.85. The van der Waals surface area contributed by atoms with Crippen molar-refractivity contribution in [1.29, 1.82) is 0 Å². The summed E-state index contributed by atoms with van der Waals surface area (Å²) in [4.78, 5) is 23.1. The first-order valence-electron chi connectivity index (χ1n) is 8.36. The lowest BCUT2D eigenvalue weighted by molar-refractivity contribution is -0.128. The van der Waals surface area contributed by atoms with Crippen molar-refractivity contribution in [3.8, 4) is 5.75 Å². The topological polar surface area (TPSA) is 67.3 Å². The van der Waals surface area contributed by atoms with E-state index in [9.17, 15) is 4.79 Å². The van der Waals surface area contributed by atoms with Crippen LogP contribution < -0.4 is 15.0 Å². The molecule has 7 heteroatoms. The molecule has 0 radical (unpaired) electrons. The number of halogens is 1. The minimum atomic E-state index is -0.596. The van der Waals surface area contributed by atoms with E-state index in [1.165, 1.54) is 0 Å². The molecule has 6 nitrogen and oxygen atoms in total. The second-order valence-electron chi connectivity index (χ2n) is 6.06. The smallest absolute Gasteiger partial charge is 0.261 e. The summed E-state index contributed by atoms with van der Waals surface area (Å²) in [5, 5.41) is 3.64. The summed E-state index contributed by atoms with van der Waals surface area (Å²) >= 11 is 5.94. The molecule has 1 aliphatic rings. The number of nitrogens with zero attached hydrogens (tertiary/aromatic N) is 3. The van der Waals surface area contributed by atoms with Crippen LogP contribution in [0, 0.1) is 0 Å². The fraction of sp³-hybridized carbons (Fsp3) is 0.389. The van der Waals surface area contributed by atoms with E-state index < -0.39 is 6.10 Å². The number of benzene rings is 1. The maximum absolute atomic E-state index is 12.4. The highest BCUT2D eigenvalue weighted by Crippen LogP contribution is 2.19. The van der Waals surface area contributed by atoms with Crippen molar-refractivity contribution in [2.24, 2.45) is 0 Å². The fourth-order valence-corrected chi connectivity index (χ4v) is 3.03. The zero-order valence-electron chi connectivity index (χ0n) is 14.1. The Balaban J connectivity index is 1.55. The van der Waals surface area contributed by atoms with E-state index >= 15 is 0 Å². The van der Waals surface area contributed by atoms with Gasteiger partial charge in [-0.15, -0.1) is 0 Å². The van der Waals surface area contributed by atoms with Crippen molar-refractivity contribution in [3.63, 3.8) is 0 Å². The van der Waals surface area contributed by atoms with Gasteiger partial charge < -0.3 is 15.0 Å². The third-order valence-electron chi connectivity index (χ3n) is 4.08. The Morgan fingerprint density at radius 2 is 2.16 bits per heavy atom. The lowest BCUT2D eigenvalue weighted by Crippen LogP contribution is -2.51. The molecule has 25 heavy (non-hydrogen) atoms. The van der Waals surface area contributed by atoms with Gasteiger partial charge in [0.2, 0.25) is 5.95 Å². The minimum Gasteiger partial charge on any atom is -0.481 e. The van der Waals surface area contributed by atoms with Crippen LogP contribution in [0.2, 0.25) is 5.02 Å². The van der Waals surface area contributed by atoms with E-state index in [2.05, 4.69) is 20.2 Å². The van der Waals surface area contributed by atoms with E-state index in [0.717, 1.165) is 19.4 Å². The second-order valence-corrected chi connectivity index (χ2v) is 6.50. The molecule has 3 rings (SSSR count). The Labute approximate surface area is 152 Å². The van der Waals surface area contributed by atoms with Crippen LogP contribution in [0.25, 0.3) is 0 Å². The number of anilines is 1. The molecule has 0 aliphatic carbocycles. The van der Waals surface area contributed by atoms with Gasteiger partial charge in [0, 0.05) is 36.5 Å². The first kappa shape index (κ1) is 17.5. The van der Waals surface area contributed by atoms with Crippen molar-refractivity contribution in [2.45, 2.75) is 31.9 Å². The Hall–Kier alpha value is -2.34. The molecule has 1 fully saturated rings. The van der Waals surface area contributed by atoms with Gasteiger partial charge in [0.1, 0.15) is 5.75 Å². The van der Waals surface area contributed by atoms with Crippen LogP contribution in [0.15, 0.2) is 42.7 Å². The van der Waals surface area contributed by atoms with Crippen LogP contribution in [0.1, 0.15) is 19.8 Å². The molecule has 2 unspecified atom stereocenters. The van der Waals surface area contributed by atoms with Gasteiger partial charge in [0.15, 0.2) is 6.10 Å². The summed E-state index contributed by atoms with van der Waals surface area (Å²) < 4.78 is 5.68. The summed E-state index contributed by atoms with van der Waals surface area (Å²) in [6.45, 7) is 3.32. The van der Waals surface area contributed by atoms with Crippen LogP contribution in [-0.2, 0) is 4.79 Å². The molecule has 1 aliphatic heterocycles. The SMILES string of the molecule is CC(Oc1cccc(Cl)c1)C(=O)NC1CCCN(c2ncccn2)C1. The van der Waals surface area contributed by atoms with Gasteiger partial charge in [-0.1, -0.05) is 17.7 Å². The molecular weight excluding hydrogens is 340 g/mol. The normalized spacial score (nSPS) is 18.5. The second kappa shape index (κ2) is 8.16. The van der Waals surface area contributed by atoms with Crippen LogP contribution >= 0.6 is 11.6 Å². The van der Waals surface area contributed by atoms with Gasteiger partial charge in [0.05, 0.1) is 0 Å². The molecule has 0 spiro atoms. The first-order valence-corrected chi connectivity index (χ1v) is 8.74. The molecule has 2 heterocycles. The van der Waals surface area contributed by atoms with Crippen molar-refractivity contribution in [2.75, 3.05) is 18.0 Å². The summed E-state index contributed by atoms with van der Waals surface area (Å²) in [7, 11) is 0. The molecule has 132 valence electrons. The molecule has 1 N–H and O–H groups in total. The number of amides is 1. The van der Waals surface area contributed by atoms with Gasteiger partial charge in [-0.05, 0) is 44.0 Å². The summed E-state index contributed by atoms with van der Waals surface area (Å²) in [6, 6.07) is 8.88. The van der Waals surface area contributed by atoms with E-state index in [0.29, 0.717) is 23.3 Å². The first-order chi connectivity index (χ1) is 12.1. The number of hydrogen-bond acceptors (Lipinski definition) is 5. The summed E-state index contributed by atoms with van der Waals surface area (Å²) in [6.07, 6.45) is 4.77. The van der Waals surface area contributed by atoms with Crippen LogP contribution in [0.4, 0.5) is 5.95 Å². The maximum atomic E-state index is 12.4. The Morgan fingerprint density at radius 3 is 2.92 bits per heavy atom. The zero-order valence-corrected chi connectivity index (χ0v) is 14.8. The number of carbonyl (C=O) groups is 1. The van der Waals surface area contributed by atoms with E-state index in [1.54, 1.807) is 49.6 Å². The Morgan fingerprint density at radius 1 is 1.36 bits per heavy atom. The van der Waals surface area contributed by atoms with Gasteiger partial charge in [0.25, 0.3) is 5.91 Å². The number of hydrogen-bond donors (Lipinski definition) is 1. The third kappa shape index (κ3) is 4.82. The standard InChI is InChI=1S/C18H21ClN4O2/c1-13(25-16-7-2-5-14(19)11-16)17(24)22-15-6-3-10-23(12-15)18-20-8-4-9-21-18/h2,4-5,7-9,11,13,15H,3,6,10,12H2,1H3,(H,22,24). The molecule has 1 aromatic carbocycles. The monoisotopic (exact) mass is 360 g/mol. The highest BCUT2D eigenvalue weighted by atomic mass is 35.5. The minimum absolute atomic E-state index is 0.0514. The van der Waals surface area contributed by atoms with Gasteiger partial charge >= 0.3 is 0 Å². The predicted molar refractivity (Wildman–Crippen MR) is 97.0 cm³/mol. The van der Waals surface area contributed by atoms with Gasteiger partial charge in [-0.25, -0.2) is 9.97 Å². The van der Waals surface area contributed by atoms with Crippen molar-refractivity contribution >= 4 is 23.5 Å². The maximum Gasteiger partial charge on any atom is 0.261 e. The quantitative estimate of drug-likeness (QED) is 0.887. The van der Waals surface area contributed by atoms with E-state index in [-0.39, 0.29) is 11.9 Å². The molecule has 0 saturated carbocycles. The van der Waals surface area contributed by atoms with Gasteiger partial charge in [-0.3, -0.25) is 4.79 Å². The van der Waals surface area contributed by atoms with Crippen molar-refractivity contribution in [1.82, 2.24) is 15.3 Å². The van der Waals surface area contributed by atoms with Crippen LogP contribution in [-0.4, -0.2) is 41.1 Å². The number of piperidine rings is 1. The zero-order chi connectivity index (χ0) is 17.6. The molecule has 1 amide bonds. The molecule has 0 bridgehead atoms. The number of rotatable bonds is 5. The molecule has 1 saturated heterocycles. The summed E-state index contributed by atoms with van der Waals surface area (Å²) in [5.41, 5.74) is 0. The highest BCUT2D eigenvalue weighted by molar-refractivity contribution is 6.30. The van der Waals surface area contributed by atoms with Gasteiger partial charge in [-0.2, -0.15) is 0 Å². The Bertz CT molecular complexity index is 713. The molecule has 2 aromatic rings. The molecule has 2 atom stereocenters. The third-order valence-corrected chi connectivity index (χ3v) is 4.32. The average molecular weight is 361 g/mol. The largest absolute Gasteiger partial charge is 0.481 e. The highest BCUT2D eigenvalue weighted by Gasteiger charge is 2.25. The van der Waals surface area contributed by atoms with Crippen LogP contribution in [0.5, 0.6) is 5.75 Å². The van der Waals surface area contributed by atoms with E-state index in [1.807, 2.05) is 0 Å². The Kier molecular flexibility index (Phi) is 5.71. The number of nitrogens with one attached hydrogen (secondary N) is 1. The predicted octanol–water partition coefficient (Wildman–Crippen LogP) is 2.68.